The van der Waals surface area contributed by atoms with E-state index in [0.717, 1.165) is 0 Å². The maximum Gasteiger partial charge on any atom is 0.356 e. The number of benzene rings is 1. The van der Waals surface area contributed by atoms with Gasteiger partial charge in [-0.2, -0.15) is 0 Å². The van der Waals surface area contributed by atoms with Crippen LogP contribution in [-0.4, -0.2) is 26.7 Å². The van der Waals surface area contributed by atoms with Crippen molar-refractivity contribution in [3.63, 3.8) is 0 Å². The van der Waals surface area contributed by atoms with Crippen molar-refractivity contribution >= 4 is 35.1 Å². The monoisotopic (exact) mass is 343 g/mol. The molecule has 0 atom stereocenters. The first-order valence-electron chi connectivity index (χ1n) is 6.04. The third kappa shape index (κ3) is 3.03. The van der Waals surface area contributed by atoms with Gasteiger partial charge in [0.25, 0.3) is 0 Å². The summed E-state index contributed by atoms with van der Waals surface area (Å²) in [5.41, 5.74) is -0.0639. The van der Waals surface area contributed by atoms with E-state index >= 15 is 0 Å². The number of aromatic carboxylic acids is 2. The van der Waals surface area contributed by atoms with Crippen LogP contribution < -0.4 is 4.74 Å². The number of aryl methyl sites for hydroxylation is 1. The molecule has 0 saturated carbocycles. The molecule has 0 saturated heterocycles. The highest BCUT2D eigenvalue weighted by Crippen LogP contribution is 2.30. The quantitative estimate of drug-likeness (QED) is 0.869. The fourth-order valence-corrected chi connectivity index (χ4v) is 2.47. The molecule has 1 heterocycles. The topological polar surface area (TPSA) is 88.8 Å². The summed E-state index contributed by atoms with van der Waals surface area (Å²) in [6, 6.07) is 4.86. The molecule has 0 radical (unpaired) electrons. The number of hydrogen-bond donors (Lipinski definition) is 2. The molecule has 0 aliphatic carbocycles. The maximum absolute atomic E-state index is 11.3. The van der Waals surface area contributed by atoms with E-state index in [9.17, 15) is 14.7 Å². The van der Waals surface area contributed by atoms with E-state index in [1.165, 1.54) is 17.8 Å². The van der Waals surface area contributed by atoms with Gasteiger partial charge in [0.2, 0.25) is 0 Å². The Morgan fingerprint density at radius 3 is 2.27 bits per heavy atom. The van der Waals surface area contributed by atoms with E-state index in [4.69, 9.17) is 33.0 Å². The van der Waals surface area contributed by atoms with E-state index in [1.54, 1.807) is 18.2 Å². The van der Waals surface area contributed by atoms with Crippen molar-refractivity contribution in [2.45, 2.75) is 6.61 Å². The molecule has 0 bridgehead atoms. The van der Waals surface area contributed by atoms with Gasteiger partial charge in [0.15, 0.2) is 11.4 Å². The Morgan fingerprint density at radius 1 is 1.18 bits per heavy atom. The van der Waals surface area contributed by atoms with Crippen molar-refractivity contribution in [3.8, 4) is 5.75 Å². The fraction of sp³-hybridized carbons (Fsp3) is 0.143. The molecule has 0 spiro atoms. The van der Waals surface area contributed by atoms with E-state index in [2.05, 4.69) is 0 Å². The summed E-state index contributed by atoms with van der Waals surface area (Å²) in [6.07, 6.45) is 1.18. The Morgan fingerprint density at radius 2 is 1.77 bits per heavy atom. The highest BCUT2D eigenvalue weighted by molar-refractivity contribution is 6.35. The van der Waals surface area contributed by atoms with Crippen LogP contribution in [0.1, 0.15) is 26.4 Å². The number of carboxylic acids is 2. The highest BCUT2D eigenvalue weighted by Gasteiger charge is 2.25. The Bertz CT molecular complexity index is 734. The smallest absolute Gasteiger partial charge is 0.356 e. The molecule has 0 aliphatic heterocycles. The second kappa shape index (κ2) is 6.29. The Labute approximate surface area is 135 Å². The van der Waals surface area contributed by atoms with Gasteiger partial charge in [0, 0.05) is 28.9 Å². The van der Waals surface area contributed by atoms with Crippen LogP contribution >= 0.6 is 23.2 Å². The standard InChI is InChI=1S/C14H11Cl2NO5/c1-17-5-7(13(18)19)12(11(17)14(20)21)22-6-8-9(15)3-2-4-10(8)16/h2-5H,6H2,1H3,(H,18,19)(H,20,21). The van der Waals surface area contributed by atoms with Crippen molar-refractivity contribution in [2.24, 2.45) is 7.05 Å². The van der Waals surface area contributed by atoms with Gasteiger partial charge in [-0.25, -0.2) is 9.59 Å². The van der Waals surface area contributed by atoms with Crippen LogP contribution in [0.3, 0.4) is 0 Å². The van der Waals surface area contributed by atoms with Crippen LogP contribution in [0, 0.1) is 0 Å². The minimum atomic E-state index is -1.30. The molecule has 0 unspecified atom stereocenters. The van der Waals surface area contributed by atoms with Crippen LogP contribution in [0.4, 0.5) is 0 Å². The predicted molar refractivity (Wildman–Crippen MR) is 80.1 cm³/mol. The van der Waals surface area contributed by atoms with Crippen LogP contribution in [0.2, 0.25) is 10.0 Å². The number of hydrogen-bond acceptors (Lipinski definition) is 3. The van der Waals surface area contributed by atoms with Gasteiger partial charge < -0.3 is 19.5 Å². The second-order valence-electron chi connectivity index (χ2n) is 4.43. The lowest BCUT2D eigenvalue weighted by molar-refractivity contribution is 0.0681. The lowest BCUT2D eigenvalue weighted by atomic mass is 10.2. The minimum absolute atomic E-state index is 0.150. The van der Waals surface area contributed by atoms with E-state index < -0.39 is 11.9 Å². The molecule has 2 rings (SSSR count). The number of aromatic nitrogens is 1. The lowest BCUT2D eigenvalue weighted by Crippen LogP contribution is -2.08. The predicted octanol–water partition coefficient (Wildman–Crippen LogP) is 3.31. The lowest BCUT2D eigenvalue weighted by Gasteiger charge is -2.10. The zero-order valence-corrected chi connectivity index (χ0v) is 12.9. The molecular weight excluding hydrogens is 333 g/mol. The van der Waals surface area contributed by atoms with Crippen molar-refractivity contribution in [3.05, 3.63) is 51.3 Å². The first-order valence-corrected chi connectivity index (χ1v) is 6.80. The third-order valence-electron chi connectivity index (χ3n) is 2.99. The summed E-state index contributed by atoms with van der Waals surface area (Å²) >= 11 is 12.0. The zero-order chi connectivity index (χ0) is 16.4. The third-order valence-corrected chi connectivity index (χ3v) is 3.70. The summed E-state index contributed by atoms with van der Waals surface area (Å²) in [4.78, 5) is 22.5. The normalized spacial score (nSPS) is 10.5. The van der Waals surface area contributed by atoms with Crippen molar-refractivity contribution in [1.29, 1.82) is 0 Å². The number of ether oxygens (including phenoxy) is 1. The summed E-state index contributed by atoms with van der Waals surface area (Å²) in [5.74, 6) is -2.82. The molecule has 116 valence electrons. The Balaban J connectivity index is 2.41. The fourth-order valence-electron chi connectivity index (χ4n) is 1.97. The molecule has 22 heavy (non-hydrogen) atoms. The second-order valence-corrected chi connectivity index (χ2v) is 5.25. The number of rotatable bonds is 5. The van der Waals surface area contributed by atoms with Crippen molar-refractivity contribution in [1.82, 2.24) is 4.57 Å². The van der Waals surface area contributed by atoms with Crippen molar-refractivity contribution < 1.29 is 24.5 Å². The minimum Gasteiger partial charge on any atom is -0.485 e. The SMILES string of the molecule is Cn1cc(C(=O)O)c(OCc2c(Cl)cccc2Cl)c1C(=O)O. The van der Waals surface area contributed by atoms with Gasteiger partial charge in [-0.3, -0.25) is 0 Å². The van der Waals surface area contributed by atoms with Crippen LogP contribution in [0.15, 0.2) is 24.4 Å². The van der Waals surface area contributed by atoms with Gasteiger partial charge in [-0.05, 0) is 12.1 Å². The molecule has 0 aliphatic rings. The van der Waals surface area contributed by atoms with Gasteiger partial charge in [-0.15, -0.1) is 0 Å². The molecule has 6 nitrogen and oxygen atoms in total. The van der Waals surface area contributed by atoms with Gasteiger partial charge in [-0.1, -0.05) is 29.3 Å². The molecule has 0 fully saturated rings. The molecule has 8 heteroatoms. The summed E-state index contributed by atoms with van der Waals surface area (Å²) in [5, 5.41) is 19.0. The molecule has 0 amide bonds. The largest absolute Gasteiger partial charge is 0.485 e. The summed E-state index contributed by atoms with van der Waals surface area (Å²) < 4.78 is 6.58. The molecule has 2 N–H and O–H groups in total. The van der Waals surface area contributed by atoms with Crippen LogP contribution in [0.25, 0.3) is 0 Å². The van der Waals surface area contributed by atoms with Crippen LogP contribution in [-0.2, 0) is 13.7 Å². The Kier molecular flexibility index (Phi) is 4.63. The van der Waals surface area contributed by atoms with Crippen LogP contribution in [0.5, 0.6) is 5.75 Å². The number of nitrogens with zero attached hydrogens (tertiary/aromatic N) is 1. The average Bonchev–Trinajstić information content (AvgIpc) is 2.75. The number of carbonyl (C=O) groups is 2. The van der Waals surface area contributed by atoms with Gasteiger partial charge in [0.1, 0.15) is 12.2 Å². The van der Waals surface area contributed by atoms with E-state index in [1.807, 2.05) is 0 Å². The molecule has 1 aromatic heterocycles. The van der Waals surface area contributed by atoms with Gasteiger partial charge >= 0.3 is 11.9 Å². The number of carboxylic acid groups (broad SMARTS) is 2. The zero-order valence-electron chi connectivity index (χ0n) is 11.3. The maximum atomic E-state index is 11.3. The highest BCUT2D eigenvalue weighted by atomic mass is 35.5. The van der Waals surface area contributed by atoms with Crippen molar-refractivity contribution in [2.75, 3.05) is 0 Å². The molecule has 1 aromatic carbocycles. The van der Waals surface area contributed by atoms with E-state index in [0.29, 0.717) is 15.6 Å². The summed E-state index contributed by atoms with van der Waals surface area (Å²) in [7, 11) is 1.42. The molecule has 2 aromatic rings. The Hall–Kier alpha value is -2.18. The van der Waals surface area contributed by atoms with E-state index in [-0.39, 0.29) is 23.6 Å². The van der Waals surface area contributed by atoms with Gasteiger partial charge in [0.05, 0.1) is 0 Å². The average molecular weight is 344 g/mol. The number of halogens is 2. The molecular formula is C14H11Cl2NO5. The first kappa shape index (κ1) is 16.2. The summed E-state index contributed by atoms with van der Waals surface area (Å²) in [6.45, 7) is -0.150. The first-order chi connectivity index (χ1) is 10.3.